The standard InChI is InChI=1S/C29H28FN5OS/c1-19-12-13-21(18-20(19)2)34-16-7-11-25(34)28-27(24-10-5-6-15-31-24)33-29(37)35(28)17-14-26(36)32-23-9-4-3-8-22(23)30/h3-13,15-16,18,27-28H,14,17H2,1-2H3,(H,32,36)(H,33,37)/t27-,28+/m1/s1. The van der Waals surface area contributed by atoms with Gasteiger partial charge in [0.2, 0.25) is 5.91 Å². The number of thiocarbonyl (C=S) groups is 1. The molecule has 2 N–H and O–H groups in total. The number of hydrogen-bond acceptors (Lipinski definition) is 3. The van der Waals surface area contributed by atoms with Gasteiger partial charge in [-0.3, -0.25) is 9.78 Å². The Hall–Kier alpha value is -4.04. The summed E-state index contributed by atoms with van der Waals surface area (Å²) in [6.07, 6.45) is 3.95. The highest BCUT2D eigenvalue weighted by Gasteiger charge is 2.41. The number of hydrogen-bond donors (Lipinski definition) is 2. The molecule has 6 nitrogen and oxygen atoms in total. The minimum Gasteiger partial charge on any atom is -0.352 e. The second kappa shape index (κ2) is 10.5. The normalized spacial score (nSPS) is 17.1. The van der Waals surface area contributed by atoms with Crippen molar-refractivity contribution in [2.45, 2.75) is 32.4 Å². The molecule has 0 aliphatic carbocycles. The van der Waals surface area contributed by atoms with Gasteiger partial charge in [0.25, 0.3) is 0 Å². The zero-order chi connectivity index (χ0) is 25.9. The number of nitrogens with one attached hydrogen (secondary N) is 2. The van der Waals surface area contributed by atoms with E-state index in [1.54, 1.807) is 24.4 Å². The van der Waals surface area contributed by atoms with E-state index in [9.17, 15) is 9.18 Å². The molecule has 3 heterocycles. The first-order valence-corrected chi connectivity index (χ1v) is 12.6. The van der Waals surface area contributed by atoms with Gasteiger partial charge in [-0.15, -0.1) is 0 Å². The van der Waals surface area contributed by atoms with Gasteiger partial charge in [0, 0.05) is 36.7 Å². The number of benzene rings is 2. The summed E-state index contributed by atoms with van der Waals surface area (Å²) in [5, 5.41) is 6.65. The Kier molecular flexibility index (Phi) is 7.01. The lowest BCUT2D eigenvalue weighted by molar-refractivity contribution is -0.116. The summed E-state index contributed by atoms with van der Waals surface area (Å²) >= 11 is 5.75. The van der Waals surface area contributed by atoms with E-state index >= 15 is 0 Å². The molecule has 2 aromatic heterocycles. The van der Waals surface area contributed by atoms with Crippen LogP contribution < -0.4 is 10.6 Å². The molecule has 1 fully saturated rings. The third-order valence-corrected chi connectivity index (χ3v) is 7.13. The molecule has 0 spiro atoms. The number of carbonyl (C=O) groups excluding carboxylic acids is 1. The smallest absolute Gasteiger partial charge is 0.226 e. The summed E-state index contributed by atoms with van der Waals surface area (Å²) in [4.78, 5) is 19.4. The third kappa shape index (κ3) is 5.11. The van der Waals surface area contributed by atoms with Crippen LogP contribution >= 0.6 is 12.2 Å². The molecule has 1 saturated heterocycles. The van der Waals surface area contributed by atoms with Crippen molar-refractivity contribution in [1.82, 2.24) is 19.8 Å². The van der Waals surface area contributed by atoms with E-state index in [2.05, 4.69) is 58.3 Å². The first-order chi connectivity index (χ1) is 17.9. The molecule has 8 heteroatoms. The maximum Gasteiger partial charge on any atom is 0.226 e. The van der Waals surface area contributed by atoms with Crippen LogP contribution in [0.3, 0.4) is 0 Å². The van der Waals surface area contributed by atoms with Crippen molar-refractivity contribution < 1.29 is 9.18 Å². The molecule has 1 amide bonds. The molecule has 0 bridgehead atoms. The second-order valence-corrected chi connectivity index (χ2v) is 9.56. The molecule has 37 heavy (non-hydrogen) atoms. The number of halogens is 1. The van der Waals surface area contributed by atoms with Crippen molar-refractivity contribution in [1.29, 1.82) is 0 Å². The third-order valence-electron chi connectivity index (χ3n) is 6.78. The van der Waals surface area contributed by atoms with E-state index < -0.39 is 5.82 Å². The van der Waals surface area contributed by atoms with Gasteiger partial charge in [-0.2, -0.15) is 0 Å². The number of pyridine rings is 1. The van der Waals surface area contributed by atoms with Gasteiger partial charge in [0.1, 0.15) is 5.82 Å². The van der Waals surface area contributed by atoms with Crippen molar-refractivity contribution in [3.8, 4) is 5.69 Å². The summed E-state index contributed by atoms with van der Waals surface area (Å²) in [5.74, 6) is -0.744. The maximum atomic E-state index is 14.0. The highest BCUT2D eigenvalue weighted by Crippen LogP contribution is 2.39. The number of nitrogens with zero attached hydrogens (tertiary/aromatic N) is 3. The number of anilines is 1. The highest BCUT2D eigenvalue weighted by molar-refractivity contribution is 7.80. The van der Waals surface area contributed by atoms with E-state index in [1.165, 1.54) is 17.2 Å². The van der Waals surface area contributed by atoms with E-state index in [-0.39, 0.29) is 30.1 Å². The van der Waals surface area contributed by atoms with Crippen LogP contribution in [0.25, 0.3) is 5.69 Å². The maximum absolute atomic E-state index is 14.0. The number of rotatable bonds is 7. The lowest BCUT2D eigenvalue weighted by atomic mass is 10.0. The molecular weight excluding hydrogens is 485 g/mol. The zero-order valence-electron chi connectivity index (χ0n) is 20.7. The first kappa shape index (κ1) is 24.6. The lowest BCUT2D eigenvalue weighted by Crippen LogP contribution is -2.33. The van der Waals surface area contributed by atoms with Crippen LogP contribution in [-0.4, -0.2) is 32.0 Å². The van der Waals surface area contributed by atoms with Gasteiger partial charge >= 0.3 is 0 Å². The van der Waals surface area contributed by atoms with E-state index in [0.717, 1.165) is 17.1 Å². The second-order valence-electron chi connectivity index (χ2n) is 9.17. The van der Waals surface area contributed by atoms with Gasteiger partial charge in [-0.25, -0.2) is 4.39 Å². The number of aryl methyl sites for hydroxylation is 2. The van der Waals surface area contributed by atoms with Crippen molar-refractivity contribution in [2.24, 2.45) is 0 Å². The monoisotopic (exact) mass is 513 g/mol. The number of carbonyl (C=O) groups is 1. The lowest BCUT2D eigenvalue weighted by Gasteiger charge is -2.29. The van der Waals surface area contributed by atoms with Crippen molar-refractivity contribution in [3.05, 3.63) is 114 Å². The van der Waals surface area contributed by atoms with Crippen molar-refractivity contribution >= 4 is 28.9 Å². The predicted octanol–water partition coefficient (Wildman–Crippen LogP) is 5.63. The Balaban J connectivity index is 1.46. The molecule has 2 atom stereocenters. The van der Waals surface area contributed by atoms with Crippen LogP contribution in [0.1, 0.15) is 41.0 Å². The molecule has 1 aliphatic heterocycles. The fourth-order valence-electron chi connectivity index (χ4n) is 4.71. The number of amides is 1. The Morgan fingerprint density at radius 1 is 1.05 bits per heavy atom. The molecule has 5 rings (SSSR count). The van der Waals surface area contributed by atoms with Crippen LogP contribution in [0.5, 0.6) is 0 Å². The van der Waals surface area contributed by atoms with Crippen LogP contribution in [0.2, 0.25) is 0 Å². The quantitative estimate of drug-likeness (QED) is 0.314. The van der Waals surface area contributed by atoms with Gasteiger partial charge in [-0.05, 0) is 85.7 Å². The number of para-hydroxylation sites is 1. The summed E-state index contributed by atoms with van der Waals surface area (Å²) in [5.41, 5.74) is 5.55. The topological polar surface area (TPSA) is 62.2 Å². The minimum atomic E-state index is -0.464. The highest BCUT2D eigenvalue weighted by atomic mass is 32.1. The summed E-state index contributed by atoms with van der Waals surface area (Å²) in [6, 6.07) is 22.0. The van der Waals surface area contributed by atoms with Crippen LogP contribution in [0.15, 0.2) is 85.2 Å². The predicted molar refractivity (Wildman–Crippen MR) is 147 cm³/mol. The molecule has 2 aromatic carbocycles. The van der Waals surface area contributed by atoms with Crippen LogP contribution in [-0.2, 0) is 4.79 Å². The fraction of sp³-hybridized carbons (Fsp3) is 0.207. The molecule has 188 valence electrons. The van der Waals surface area contributed by atoms with E-state index in [1.807, 2.05) is 35.4 Å². The van der Waals surface area contributed by atoms with Gasteiger partial charge < -0.3 is 20.1 Å². The van der Waals surface area contributed by atoms with E-state index in [0.29, 0.717) is 11.7 Å². The molecule has 4 aromatic rings. The van der Waals surface area contributed by atoms with Gasteiger partial charge in [0.15, 0.2) is 5.11 Å². The summed E-state index contributed by atoms with van der Waals surface area (Å²) in [7, 11) is 0. The molecular formula is C29H28FN5OS. The largest absolute Gasteiger partial charge is 0.352 e. The molecule has 0 unspecified atom stereocenters. The Labute approximate surface area is 221 Å². The Morgan fingerprint density at radius 3 is 2.62 bits per heavy atom. The Morgan fingerprint density at radius 2 is 1.86 bits per heavy atom. The average Bonchev–Trinajstić information content (AvgIpc) is 3.50. The zero-order valence-corrected chi connectivity index (χ0v) is 21.5. The van der Waals surface area contributed by atoms with Gasteiger partial charge in [-0.1, -0.05) is 24.3 Å². The summed E-state index contributed by atoms with van der Waals surface area (Å²) in [6.45, 7) is 4.56. The molecule has 1 aliphatic rings. The minimum absolute atomic E-state index is 0.145. The van der Waals surface area contributed by atoms with Crippen molar-refractivity contribution in [3.63, 3.8) is 0 Å². The van der Waals surface area contributed by atoms with Crippen LogP contribution in [0, 0.1) is 19.7 Å². The number of aromatic nitrogens is 2. The Bertz CT molecular complexity index is 1440. The SMILES string of the molecule is Cc1ccc(-n2cccc2[C@H]2[C@@H](c3ccccn3)NC(=S)N2CCC(=O)Nc2ccccc2F)cc1C. The van der Waals surface area contributed by atoms with Gasteiger partial charge in [0.05, 0.1) is 23.5 Å². The van der Waals surface area contributed by atoms with Crippen molar-refractivity contribution in [2.75, 3.05) is 11.9 Å². The first-order valence-electron chi connectivity index (χ1n) is 12.2. The fourth-order valence-corrected chi connectivity index (χ4v) is 5.04. The average molecular weight is 514 g/mol. The summed E-state index contributed by atoms with van der Waals surface area (Å²) < 4.78 is 16.2. The van der Waals surface area contributed by atoms with E-state index in [4.69, 9.17) is 12.2 Å². The molecule has 0 saturated carbocycles. The van der Waals surface area contributed by atoms with Crippen LogP contribution in [0.4, 0.5) is 10.1 Å². The molecule has 0 radical (unpaired) electrons.